The molecule has 0 spiro atoms. The SMILES string of the molecule is CNC(=O)[C@H]1C[C@@H]2CCN(Cc3ccsc3)C[C@@H]2O1.O=C(O)C(F)(F)F. The van der Waals surface area contributed by atoms with Gasteiger partial charge in [-0.15, -0.1) is 0 Å². The van der Waals surface area contributed by atoms with E-state index in [9.17, 15) is 18.0 Å². The van der Waals surface area contributed by atoms with Gasteiger partial charge in [0, 0.05) is 20.1 Å². The number of carboxylic acid groups (broad SMARTS) is 1. The minimum Gasteiger partial charge on any atom is -0.475 e. The van der Waals surface area contributed by atoms with Gasteiger partial charge < -0.3 is 15.2 Å². The molecule has 2 saturated heterocycles. The van der Waals surface area contributed by atoms with Crippen LogP contribution in [0.3, 0.4) is 0 Å². The predicted molar refractivity (Wildman–Crippen MR) is 88.7 cm³/mol. The minimum absolute atomic E-state index is 0.0267. The van der Waals surface area contributed by atoms with Crippen molar-refractivity contribution in [1.82, 2.24) is 10.2 Å². The quantitative estimate of drug-likeness (QED) is 0.821. The fraction of sp³-hybridized carbons (Fsp3) is 0.625. The summed E-state index contributed by atoms with van der Waals surface area (Å²) >= 11 is 1.74. The molecule has 0 aliphatic carbocycles. The van der Waals surface area contributed by atoms with Crippen LogP contribution in [0.15, 0.2) is 16.8 Å². The summed E-state index contributed by atoms with van der Waals surface area (Å²) in [6, 6.07) is 2.18. The van der Waals surface area contributed by atoms with E-state index in [0.717, 1.165) is 32.5 Å². The molecule has 2 aliphatic heterocycles. The number of likely N-dealkylation sites (tertiary alicyclic amines) is 1. The Labute approximate surface area is 152 Å². The number of piperidine rings is 1. The van der Waals surface area contributed by atoms with Crippen molar-refractivity contribution in [2.45, 2.75) is 37.8 Å². The number of nitrogens with one attached hydrogen (secondary N) is 1. The van der Waals surface area contributed by atoms with E-state index >= 15 is 0 Å². The molecule has 3 heterocycles. The number of halogens is 3. The molecule has 1 aromatic heterocycles. The summed E-state index contributed by atoms with van der Waals surface area (Å²) < 4.78 is 37.7. The Morgan fingerprint density at radius 3 is 2.69 bits per heavy atom. The number of nitrogens with zero attached hydrogens (tertiary/aromatic N) is 1. The van der Waals surface area contributed by atoms with Gasteiger partial charge in [-0.3, -0.25) is 9.69 Å². The average molecular weight is 394 g/mol. The number of carbonyl (C=O) groups is 2. The van der Waals surface area contributed by atoms with Crippen LogP contribution in [-0.4, -0.2) is 60.4 Å². The van der Waals surface area contributed by atoms with Gasteiger partial charge in [0.05, 0.1) is 6.10 Å². The Hall–Kier alpha value is -1.65. The first kappa shape index (κ1) is 20.7. The Morgan fingerprint density at radius 2 is 2.15 bits per heavy atom. The molecule has 2 aliphatic rings. The molecule has 0 radical (unpaired) electrons. The number of amides is 1. The van der Waals surface area contributed by atoms with Gasteiger partial charge in [-0.1, -0.05) is 0 Å². The Bertz CT molecular complexity index is 609. The third-order valence-electron chi connectivity index (χ3n) is 4.40. The summed E-state index contributed by atoms with van der Waals surface area (Å²) in [7, 11) is 1.68. The van der Waals surface area contributed by atoms with Crippen LogP contribution < -0.4 is 5.32 Å². The molecule has 10 heteroatoms. The standard InChI is InChI=1S/C14H20N2O2S.C2HF3O2/c1-15-14(17)12-6-11-2-4-16(8-13(11)18-12)7-10-3-5-19-9-10;3-2(4,5)1(6)7/h3,5,9,11-13H,2,4,6-8H2,1H3,(H,15,17);(H,6,7)/t11-,12+,13-;/m0./s1. The van der Waals surface area contributed by atoms with E-state index in [-0.39, 0.29) is 18.1 Å². The van der Waals surface area contributed by atoms with Crippen LogP contribution in [0.25, 0.3) is 0 Å². The Balaban J connectivity index is 0.000000298. The summed E-state index contributed by atoms with van der Waals surface area (Å²) in [5, 5.41) is 14.1. The van der Waals surface area contributed by atoms with Gasteiger partial charge in [0.2, 0.25) is 5.91 Å². The maximum absolute atomic E-state index is 11.6. The van der Waals surface area contributed by atoms with Crippen LogP contribution in [0.5, 0.6) is 0 Å². The topological polar surface area (TPSA) is 78.9 Å². The van der Waals surface area contributed by atoms with Crippen LogP contribution in [0.2, 0.25) is 0 Å². The van der Waals surface area contributed by atoms with Gasteiger partial charge >= 0.3 is 12.1 Å². The molecule has 26 heavy (non-hydrogen) atoms. The first-order chi connectivity index (χ1) is 12.2. The number of fused-ring (bicyclic) bond motifs is 1. The third-order valence-corrected chi connectivity index (χ3v) is 5.14. The van der Waals surface area contributed by atoms with Crippen molar-refractivity contribution in [3.63, 3.8) is 0 Å². The van der Waals surface area contributed by atoms with Crippen molar-refractivity contribution < 1.29 is 32.6 Å². The molecule has 2 fully saturated rings. The molecule has 0 aromatic carbocycles. The molecule has 3 rings (SSSR count). The molecular formula is C16H21F3N2O4S. The van der Waals surface area contributed by atoms with E-state index in [2.05, 4.69) is 27.0 Å². The zero-order valence-electron chi connectivity index (χ0n) is 14.2. The van der Waals surface area contributed by atoms with Crippen LogP contribution in [0.4, 0.5) is 13.2 Å². The number of hydrogen-bond acceptors (Lipinski definition) is 5. The lowest BCUT2D eigenvalue weighted by Crippen LogP contribution is -2.42. The van der Waals surface area contributed by atoms with E-state index in [1.807, 2.05) is 0 Å². The van der Waals surface area contributed by atoms with Gasteiger partial charge in [-0.05, 0) is 47.7 Å². The first-order valence-corrected chi connectivity index (χ1v) is 9.05. The molecular weight excluding hydrogens is 373 g/mol. The Kier molecular flexibility index (Phi) is 7.01. The molecule has 0 saturated carbocycles. The van der Waals surface area contributed by atoms with Crippen molar-refractivity contribution in [2.24, 2.45) is 5.92 Å². The van der Waals surface area contributed by atoms with E-state index < -0.39 is 12.1 Å². The molecule has 0 unspecified atom stereocenters. The second-order valence-electron chi connectivity index (χ2n) is 6.23. The third kappa shape index (κ3) is 5.68. The number of alkyl halides is 3. The van der Waals surface area contributed by atoms with Crippen LogP contribution in [0.1, 0.15) is 18.4 Å². The minimum atomic E-state index is -5.08. The van der Waals surface area contributed by atoms with Gasteiger partial charge in [0.15, 0.2) is 0 Å². The highest BCUT2D eigenvalue weighted by molar-refractivity contribution is 7.07. The lowest BCUT2D eigenvalue weighted by molar-refractivity contribution is -0.192. The largest absolute Gasteiger partial charge is 0.490 e. The molecule has 1 amide bonds. The second kappa shape index (κ2) is 8.83. The summed E-state index contributed by atoms with van der Waals surface area (Å²) in [6.07, 6.45) is -3.06. The molecule has 1 aromatic rings. The van der Waals surface area contributed by atoms with E-state index in [4.69, 9.17) is 14.6 Å². The van der Waals surface area contributed by atoms with Gasteiger partial charge in [-0.2, -0.15) is 24.5 Å². The van der Waals surface area contributed by atoms with E-state index in [0.29, 0.717) is 5.92 Å². The second-order valence-corrected chi connectivity index (χ2v) is 7.01. The highest BCUT2D eigenvalue weighted by Gasteiger charge is 2.41. The number of hydrogen-bond donors (Lipinski definition) is 2. The fourth-order valence-electron chi connectivity index (χ4n) is 3.11. The van der Waals surface area contributed by atoms with Crippen molar-refractivity contribution in [3.8, 4) is 0 Å². The number of carbonyl (C=O) groups excluding carboxylic acids is 1. The van der Waals surface area contributed by atoms with Crippen molar-refractivity contribution >= 4 is 23.2 Å². The zero-order chi connectivity index (χ0) is 19.3. The first-order valence-electron chi connectivity index (χ1n) is 8.11. The van der Waals surface area contributed by atoms with Gasteiger partial charge in [0.25, 0.3) is 0 Å². The van der Waals surface area contributed by atoms with Gasteiger partial charge in [0.1, 0.15) is 6.10 Å². The summed E-state index contributed by atoms with van der Waals surface area (Å²) in [4.78, 5) is 23.0. The summed E-state index contributed by atoms with van der Waals surface area (Å²) in [6.45, 7) is 3.07. The monoisotopic (exact) mass is 394 g/mol. The number of aliphatic carboxylic acids is 1. The molecule has 3 atom stereocenters. The number of carboxylic acids is 1. The number of thiophene rings is 1. The zero-order valence-corrected chi connectivity index (χ0v) is 15.0. The summed E-state index contributed by atoms with van der Waals surface area (Å²) in [5.74, 6) is -2.17. The highest BCUT2D eigenvalue weighted by atomic mass is 32.1. The fourth-order valence-corrected chi connectivity index (χ4v) is 3.77. The average Bonchev–Trinajstić information content (AvgIpc) is 3.22. The van der Waals surface area contributed by atoms with Crippen molar-refractivity contribution in [2.75, 3.05) is 20.1 Å². The molecule has 0 bridgehead atoms. The van der Waals surface area contributed by atoms with Crippen LogP contribution in [-0.2, 0) is 20.9 Å². The van der Waals surface area contributed by atoms with Gasteiger partial charge in [-0.25, -0.2) is 4.79 Å². The van der Waals surface area contributed by atoms with Crippen molar-refractivity contribution in [3.05, 3.63) is 22.4 Å². The maximum Gasteiger partial charge on any atom is 0.490 e. The van der Waals surface area contributed by atoms with E-state index in [1.54, 1.807) is 18.4 Å². The Morgan fingerprint density at radius 1 is 1.46 bits per heavy atom. The lowest BCUT2D eigenvalue weighted by Gasteiger charge is -2.33. The molecule has 146 valence electrons. The predicted octanol–water partition coefficient (Wildman–Crippen LogP) is 2.11. The highest BCUT2D eigenvalue weighted by Crippen LogP contribution is 2.33. The molecule has 2 N–H and O–H groups in total. The maximum atomic E-state index is 11.6. The number of rotatable bonds is 3. The van der Waals surface area contributed by atoms with E-state index in [1.165, 1.54) is 5.56 Å². The molecule has 6 nitrogen and oxygen atoms in total. The lowest BCUT2D eigenvalue weighted by atomic mass is 9.91. The number of ether oxygens (including phenoxy) is 1. The van der Waals surface area contributed by atoms with Crippen LogP contribution in [0, 0.1) is 5.92 Å². The summed E-state index contributed by atoms with van der Waals surface area (Å²) in [5.41, 5.74) is 1.38. The number of likely N-dealkylation sites (N-methyl/N-ethyl adjacent to an activating group) is 1. The van der Waals surface area contributed by atoms with Crippen molar-refractivity contribution in [1.29, 1.82) is 0 Å². The normalized spacial score (nSPS) is 25.8. The van der Waals surface area contributed by atoms with Crippen LogP contribution >= 0.6 is 11.3 Å². The smallest absolute Gasteiger partial charge is 0.475 e.